The van der Waals surface area contributed by atoms with E-state index in [2.05, 4.69) is 12.6 Å². The highest BCUT2D eigenvalue weighted by atomic mass is 32.1. The van der Waals surface area contributed by atoms with Crippen LogP contribution in [0, 0.1) is 5.92 Å². The van der Waals surface area contributed by atoms with Crippen molar-refractivity contribution in [2.75, 3.05) is 25.4 Å². The Morgan fingerprint density at radius 3 is 2.71 bits per heavy atom. The van der Waals surface area contributed by atoms with Gasteiger partial charge in [-0.05, 0) is 39.0 Å². The summed E-state index contributed by atoms with van der Waals surface area (Å²) in [7, 11) is 0. The van der Waals surface area contributed by atoms with E-state index < -0.39 is 0 Å². The summed E-state index contributed by atoms with van der Waals surface area (Å²) in [4.78, 5) is 25.2. The van der Waals surface area contributed by atoms with Crippen molar-refractivity contribution in [3.63, 3.8) is 0 Å². The summed E-state index contributed by atoms with van der Waals surface area (Å²) in [5.74, 6) is 0.503. The topological polar surface area (TPSA) is 55.8 Å². The van der Waals surface area contributed by atoms with Gasteiger partial charge in [-0.2, -0.15) is 12.6 Å². The van der Waals surface area contributed by atoms with Crippen LogP contribution in [0.5, 0.6) is 0 Å². The molecule has 1 saturated carbocycles. The first-order valence-electron chi connectivity index (χ1n) is 7.77. The molecule has 1 unspecified atom stereocenters. The summed E-state index contributed by atoms with van der Waals surface area (Å²) in [6, 6.07) is 0. The van der Waals surface area contributed by atoms with Gasteiger partial charge in [-0.25, -0.2) is 4.79 Å². The molecule has 1 atom stereocenters. The molecular formula is C15H25NO4S. The SMILES string of the molecule is CC1(OC(=O)N2CCC(COC(=O)CCS)C2)CCCC1. The summed E-state index contributed by atoms with van der Waals surface area (Å²) < 4.78 is 10.8. The van der Waals surface area contributed by atoms with Crippen LogP contribution < -0.4 is 0 Å². The smallest absolute Gasteiger partial charge is 0.410 e. The number of esters is 1. The van der Waals surface area contributed by atoms with Crippen LogP contribution in [-0.2, 0) is 14.3 Å². The number of hydrogen-bond donors (Lipinski definition) is 1. The fourth-order valence-corrected chi connectivity index (χ4v) is 3.19. The second kappa shape index (κ2) is 7.38. The zero-order valence-electron chi connectivity index (χ0n) is 12.7. The molecule has 0 aromatic rings. The summed E-state index contributed by atoms with van der Waals surface area (Å²) in [6.45, 7) is 3.70. The molecule has 1 amide bonds. The van der Waals surface area contributed by atoms with Gasteiger partial charge in [0.05, 0.1) is 13.0 Å². The number of hydrogen-bond acceptors (Lipinski definition) is 5. The Labute approximate surface area is 131 Å². The third kappa shape index (κ3) is 4.80. The molecule has 6 heteroatoms. The van der Waals surface area contributed by atoms with E-state index in [0.717, 1.165) is 32.1 Å². The number of nitrogens with zero attached hydrogens (tertiary/aromatic N) is 1. The molecule has 1 aliphatic heterocycles. The largest absolute Gasteiger partial charge is 0.465 e. The fourth-order valence-electron chi connectivity index (χ4n) is 3.01. The Bertz CT molecular complexity index is 382. The van der Waals surface area contributed by atoms with Crippen LogP contribution in [0.15, 0.2) is 0 Å². The predicted molar refractivity (Wildman–Crippen MR) is 82.5 cm³/mol. The van der Waals surface area contributed by atoms with Crippen LogP contribution in [0.3, 0.4) is 0 Å². The second-order valence-corrected chi connectivity index (χ2v) is 6.73. The number of thiol groups is 1. The minimum absolute atomic E-state index is 0.218. The number of carbonyl (C=O) groups is 2. The van der Waals surface area contributed by atoms with Crippen molar-refractivity contribution in [3.8, 4) is 0 Å². The number of carbonyl (C=O) groups excluding carboxylic acids is 2. The van der Waals surface area contributed by atoms with Crippen LogP contribution in [0.1, 0.15) is 45.4 Å². The number of amides is 1. The lowest BCUT2D eigenvalue weighted by atomic mass is 10.1. The molecule has 2 rings (SSSR count). The highest BCUT2D eigenvalue weighted by Crippen LogP contribution is 2.33. The van der Waals surface area contributed by atoms with Gasteiger partial charge in [0, 0.05) is 24.8 Å². The van der Waals surface area contributed by atoms with E-state index in [-0.39, 0.29) is 23.6 Å². The third-order valence-corrected chi connectivity index (χ3v) is 4.56. The third-order valence-electron chi connectivity index (χ3n) is 4.33. The van der Waals surface area contributed by atoms with Crippen molar-refractivity contribution in [1.29, 1.82) is 0 Å². The number of likely N-dealkylation sites (tertiary alicyclic amines) is 1. The van der Waals surface area contributed by atoms with Crippen molar-refractivity contribution in [2.24, 2.45) is 5.92 Å². The summed E-state index contributed by atoms with van der Waals surface area (Å²) in [5.41, 5.74) is -0.284. The fraction of sp³-hybridized carbons (Fsp3) is 0.867. The van der Waals surface area contributed by atoms with Crippen LogP contribution >= 0.6 is 12.6 Å². The van der Waals surface area contributed by atoms with Gasteiger partial charge in [-0.3, -0.25) is 4.79 Å². The van der Waals surface area contributed by atoms with Gasteiger partial charge in [-0.15, -0.1) is 0 Å². The molecule has 1 heterocycles. The first-order valence-corrected chi connectivity index (χ1v) is 8.40. The van der Waals surface area contributed by atoms with Crippen LogP contribution in [0.4, 0.5) is 4.79 Å². The van der Waals surface area contributed by atoms with Crippen molar-refractivity contribution >= 4 is 24.7 Å². The molecule has 2 aliphatic rings. The Morgan fingerprint density at radius 2 is 2.05 bits per heavy atom. The first kappa shape index (κ1) is 16.5. The monoisotopic (exact) mass is 315 g/mol. The normalized spacial score (nSPS) is 24.1. The van der Waals surface area contributed by atoms with E-state index in [1.807, 2.05) is 6.92 Å². The maximum atomic E-state index is 12.2. The van der Waals surface area contributed by atoms with Gasteiger partial charge in [0.15, 0.2) is 0 Å². The molecular weight excluding hydrogens is 290 g/mol. The Morgan fingerprint density at radius 1 is 1.33 bits per heavy atom. The molecule has 0 bridgehead atoms. The van der Waals surface area contributed by atoms with Gasteiger partial charge in [0.25, 0.3) is 0 Å². The molecule has 0 radical (unpaired) electrons. The van der Waals surface area contributed by atoms with E-state index in [0.29, 0.717) is 31.9 Å². The predicted octanol–water partition coefficient (Wildman–Crippen LogP) is 2.64. The maximum absolute atomic E-state index is 12.2. The molecule has 1 aliphatic carbocycles. The highest BCUT2D eigenvalue weighted by molar-refractivity contribution is 7.80. The molecule has 5 nitrogen and oxygen atoms in total. The van der Waals surface area contributed by atoms with Gasteiger partial charge in [0.1, 0.15) is 5.60 Å². The van der Waals surface area contributed by atoms with Gasteiger partial charge >= 0.3 is 12.1 Å². The molecule has 2 fully saturated rings. The average Bonchev–Trinajstić information content (AvgIpc) is 3.06. The van der Waals surface area contributed by atoms with Crippen molar-refractivity contribution in [1.82, 2.24) is 4.90 Å². The first-order chi connectivity index (χ1) is 10.0. The summed E-state index contributed by atoms with van der Waals surface area (Å²) >= 11 is 4.00. The van der Waals surface area contributed by atoms with E-state index >= 15 is 0 Å². The molecule has 0 aromatic heterocycles. The summed E-state index contributed by atoms with van der Waals surface area (Å²) in [6.07, 6.45) is 5.15. The maximum Gasteiger partial charge on any atom is 0.410 e. The standard InChI is InChI=1S/C15H25NO4S/c1-15(6-2-3-7-15)20-14(18)16-8-4-12(10-16)11-19-13(17)5-9-21/h12,21H,2-11H2,1H3. The highest BCUT2D eigenvalue weighted by Gasteiger charge is 2.36. The Hall–Kier alpha value is -0.910. The van der Waals surface area contributed by atoms with E-state index in [1.165, 1.54) is 0 Å². The number of rotatable bonds is 5. The van der Waals surface area contributed by atoms with Crippen molar-refractivity contribution in [3.05, 3.63) is 0 Å². The Balaban J connectivity index is 1.71. The lowest BCUT2D eigenvalue weighted by Gasteiger charge is -2.27. The molecule has 21 heavy (non-hydrogen) atoms. The van der Waals surface area contributed by atoms with Crippen molar-refractivity contribution in [2.45, 2.75) is 51.0 Å². The molecule has 0 N–H and O–H groups in total. The average molecular weight is 315 g/mol. The van der Waals surface area contributed by atoms with Gasteiger partial charge < -0.3 is 14.4 Å². The van der Waals surface area contributed by atoms with E-state index in [4.69, 9.17) is 9.47 Å². The van der Waals surface area contributed by atoms with Crippen molar-refractivity contribution < 1.29 is 19.1 Å². The zero-order chi connectivity index (χ0) is 15.3. The minimum atomic E-state index is -0.284. The van der Waals surface area contributed by atoms with Crippen LogP contribution in [0.2, 0.25) is 0 Å². The lowest BCUT2D eigenvalue weighted by molar-refractivity contribution is -0.144. The quantitative estimate of drug-likeness (QED) is 0.626. The number of ether oxygens (including phenoxy) is 2. The molecule has 0 aromatic carbocycles. The second-order valence-electron chi connectivity index (χ2n) is 6.28. The van der Waals surface area contributed by atoms with Gasteiger partial charge in [0.2, 0.25) is 0 Å². The zero-order valence-corrected chi connectivity index (χ0v) is 13.6. The minimum Gasteiger partial charge on any atom is -0.465 e. The molecule has 120 valence electrons. The molecule has 0 spiro atoms. The van der Waals surface area contributed by atoms with E-state index in [9.17, 15) is 9.59 Å². The van der Waals surface area contributed by atoms with Crippen LogP contribution in [-0.4, -0.2) is 48.0 Å². The summed E-state index contributed by atoms with van der Waals surface area (Å²) in [5, 5.41) is 0. The molecule has 1 saturated heterocycles. The van der Waals surface area contributed by atoms with Gasteiger partial charge in [-0.1, -0.05) is 0 Å². The Kier molecular flexibility index (Phi) is 5.79. The lowest BCUT2D eigenvalue weighted by Crippen LogP contribution is -2.37. The van der Waals surface area contributed by atoms with E-state index in [1.54, 1.807) is 4.90 Å². The van der Waals surface area contributed by atoms with Crippen LogP contribution in [0.25, 0.3) is 0 Å².